The molecule has 0 aromatic heterocycles. The van der Waals surface area contributed by atoms with Gasteiger partial charge in [-0.2, -0.15) is 0 Å². The van der Waals surface area contributed by atoms with E-state index in [9.17, 15) is 5.11 Å². The van der Waals surface area contributed by atoms with E-state index in [2.05, 4.69) is 17.4 Å². The van der Waals surface area contributed by atoms with Gasteiger partial charge in [-0.15, -0.1) is 0 Å². The van der Waals surface area contributed by atoms with E-state index in [1.807, 2.05) is 24.3 Å². The van der Waals surface area contributed by atoms with Crippen molar-refractivity contribution < 1.29 is 14.6 Å². The molecule has 4 nitrogen and oxygen atoms in total. The van der Waals surface area contributed by atoms with Crippen molar-refractivity contribution in [1.29, 1.82) is 0 Å². The number of hydrogen-bond acceptors (Lipinski definition) is 4. The second kappa shape index (κ2) is 7.74. The Bertz CT molecular complexity index is 902. The molecule has 6 rings (SSSR count). The van der Waals surface area contributed by atoms with Crippen molar-refractivity contribution in [3.8, 4) is 11.5 Å². The summed E-state index contributed by atoms with van der Waals surface area (Å²) in [5, 5.41) is 15.5. The third kappa shape index (κ3) is 3.93. The van der Waals surface area contributed by atoms with Crippen molar-refractivity contribution in [3.05, 3.63) is 58.6 Å². The maximum Gasteiger partial charge on any atom is 0.166 e. The van der Waals surface area contributed by atoms with Gasteiger partial charge in [0.25, 0.3) is 0 Å². The Labute approximate surface area is 183 Å². The monoisotopic (exact) mass is 427 g/mol. The molecule has 160 valence electrons. The van der Waals surface area contributed by atoms with Crippen molar-refractivity contribution in [1.82, 2.24) is 5.32 Å². The number of halogens is 1. The van der Waals surface area contributed by atoms with Gasteiger partial charge in [-0.3, -0.25) is 0 Å². The lowest BCUT2D eigenvalue weighted by atomic mass is 9.51. The summed E-state index contributed by atoms with van der Waals surface area (Å²) in [6, 6.07) is 13.9. The molecule has 4 fully saturated rings. The zero-order valence-corrected chi connectivity index (χ0v) is 18.3. The molecule has 0 radical (unpaired) electrons. The smallest absolute Gasteiger partial charge is 0.166 e. The average molecular weight is 428 g/mol. The van der Waals surface area contributed by atoms with Gasteiger partial charge in [-0.05, 0) is 62.0 Å². The lowest BCUT2D eigenvalue weighted by Crippen LogP contribution is -2.64. The molecule has 0 amide bonds. The Morgan fingerprint density at radius 1 is 1.10 bits per heavy atom. The molecule has 4 aliphatic rings. The standard InChI is InChI=1S/C25H30ClNO3/c1-29-22-9-21(26)8-20(23(22)30-15-17-5-3-2-4-6-17)14-27-24-10-18-7-19(11-24)13-25(28,12-18)16-24/h2-6,8-9,18-19,27-28H,7,10-16H2,1H3. The van der Waals surface area contributed by atoms with Gasteiger partial charge in [-0.25, -0.2) is 0 Å². The summed E-state index contributed by atoms with van der Waals surface area (Å²) in [7, 11) is 1.65. The van der Waals surface area contributed by atoms with Crippen molar-refractivity contribution >= 4 is 11.6 Å². The number of rotatable bonds is 7. The third-order valence-electron chi connectivity index (χ3n) is 7.23. The molecule has 2 aromatic carbocycles. The van der Waals surface area contributed by atoms with E-state index in [1.54, 1.807) is 13.2 Å². The maximum atomic E-state index is 11.1. The first-order valence-corrected chi connectivity index (χ1v) is 11.3. The molecule has 0 spiro atoms. The largest absolute Gasteiger partial charge is 0.493 e. The van der Waals surface area contributed by atoms with Crippen LogP contribution in [0.2, 0.25) is 5.02 Å². The van der Waals surface area contributed by atoms with Crippen LogP contribution in [0.5, 0.6) is 11.5 Å². The molecule has 4 saturated carbocycles. The quantitative estimate of drug-likeness (QED) is 0.645. The summed E-state index contributed by atoms with van der Waals surface area (Å²) in [5.41, 5.74) is 1.65. The second-order valence-electron chi connectivity index (χ2n) is 9.69. The van der Waals surface area contributed by atoms with Crippen LogP contribution in [0.25, 0.3) is 0 Å². The molecule has 5 heteroatoms. The molecular weight excluding hydrogens is 398 g/mol. The van der Waals surface area contributed by atoms with Crippen molar-refractivity contribution in [3.63, 3.8) is 0 Å². The zero-order valence-electron chi connectivity index (χ0n) is 17.5. The molecule has 2 aromatic rings. The first kappa shape index (κ1) is 20.2. The Morgan fingerprint density at radius 2 is 1.83 bits per heavy atom. The van der Waals surface area contributed by atoms with Gasteiger partial charge in [0.2, 0.25) is 0 Å². The fourth-order valence-corrected chi connectivity index (χ4v) is 6.73. The molecule has 0 aliphatic heterocycles. The van der Waals surface area contributed by atoms with Gasteiger partial charge in [0, 0.05) is 28.7 Å². The van der Waals surface area contributed by atoms with Gasteiger partial charge < -0.3 is 19.9 Å². The van der Waals surface area contributed by atoms with Crippen LogP contribution in [0.15, 0.2) is 42.5 Å². The molecule has 0 heterocycles. The van der Waals surface area contributed by atoms with Gasteiger partial charge in [0.05, 0.1) is 12.7 Å². The van der Waals surface area contributed by atoms with E-state index < -0.39 is 5.60 Å². The van der Waals surface area contributed by atoms with E-state index in [0.29, 0.717) is 35.8 Å². The first-order chi connectivity index (χ1) is 14.5. The van der Waals surface area contributed by atoms with E-state index in [-0.39, 0.29) is 5.54 Å². The number of benzene rings is 2. The van der Waals surface area contributed by atoms with Gasteiger partial charge in [0.15, 0.2) is 11.5 Å². The maximum absolute atomic E-state index is 11.1. The highest BCUT2D eigenvalue weighted by molar-refractivity contribution is 6.30. The Kier molecular flexibility index (Phi) is 5.20. The van der Waals surface area contributed by atoms with Crippen LogP contribution in [0.3, 0.4) is 0 Å². The Hall–Kier alpha value is -1.75. The normalized spacial score (nSPS) is 31.7. The molecule has 0 saturated heterocycles. The van der Waals surface area contributed by atoms with Crippen molar-refractivity contribution in [2.24, 2.45) is 11.8 Å². The van der Waals surface area contributed by atoms with Crippen LogP contribution < -0.4 is 14.8 Å². The predicted molar refractivity (Wildman–Crippen MR) is 118 cm³/mol. The van der Waals surface area contributed by atoms with Crippen LogP contribution in [-0.2, 0) is 13.2 Å². The molecule has 2 unspecified atom stereocenters. The van der Waals surface area contributed by atoms with Crippen LogP contribution >= 0.6 is 11.6 Å². The van der Waals surface area contributed by atoms with E-state index in [0.717, 1.165) is 49.0 Å². The molecule has 30 heavy (non-hydrogen) atoms. The van der Waals surface area contributed by atoms with Crippen LogP contribution in [-0.4, -0.2) is 23.4 Å². The minimum absolute atomic E-state index is 0.0189. The highest BCUT2D eigenvalue weighted by atomic mass is 35.5. The van der Waals surface area contributed by atoms with E-state index >= 15 is 0 Å². The zero-order chi connectivity index (χ0) is 20.8. The third-order valence-corrected chi connectivity index (χ3v) is 7.44. The van der Waals surface area contributed by atoms with Gasteiger partial charge in [0.1, 0.15) is 6.61 Å². The SMILES string of the molecule is COc1cc(Cl)cc(CNC23CC4CC(CC(O)(C4)C2)C3)c1OCc1ccccc1. The summed E-state index contributed by atoms with van der Waals surface area (Å²) in [5.74, 6) is 2.68. The van der Waals surface area contributed by atoms with E-state index in [4.69, 9.17) is 21.1 Å². The van der Waals surface area contributed by atoms with Crippen molar-refractivity contribution in [2.75, 3.05) is 7.11 Å². The minimum Gasteiger partial charge on any atom is -0.493 e. The molecule has 4 aliphatic carbocycles. The van der Waals surface area contributed by atoms with Crippen molar-refractivity contribution in [2.45, 2.75) is 62.8 Å². The summed E-state index contributed by atoms with van der Waals surface area (Å²) >= 11 is 6.39. The minimum atomic E-state index is -0.476. The molecular formula is C25H30ClNO3. The summed E-state index contributed by atoms with van der Waals surface area (Å²) in [4.78, 5) is 0. The summed E-state index contributed by atoms with van der Waals surface area (Å²) < 4.78 is 11.8. The topological polar surface area (TPSA) is 50.7 Å². The number of aliphatic hydroxyl groups is 1. The fraction of sp³-hybridized carbons (Fsp3) is 0.520. The first-order valence-electron chi connectivity index (χ1n) is 11.0. The predicted octanol–water partition coefficient (Wildman–Crippen LogP) is 5.10. The van der Waals surface area contributed by atoms with Gasteiger partial charge >= 0.3 is 0 Å². The molecule has 2 atom stereocenters. The number of nitrogens with one attached hydrogen (secondary N) is 1. The lowest BCUT2D eigenvalue weighted by Gasteiger charge is -2.60. The Balaban J connectivity index is 1.37. The number of methoxy groups -OCH3 is 1. The fourth-order valence-electron chi connectivity index (χ4n) is 6.50. The lowest BCUT2D eigenvalue weighted by molar-refractivity contribution is -0.142. The highest BCUT2D eigenvalue weighted by Crippen LogP contribution is 2.57. The van der Waals surface area contributed by atoms with E-state index in [1.165, 1.54) is 6.42 Å². The molecule has 2 N–H and O–H groups in total. The summed E-state index contributed by atoms with van der Waals surface area (Å²) in [6.07, 6.45) is 6.40. The van der Waals surface area contributed by atoms with Gasteiger partial charge in [-0.1, -0.05) is 41.9 Å². The van der Waals surface area contributed by atoms with Crippen LogP contribution in [0.4, 0.5) is 0 Å². The molecule has 4 bridgehead atoms. The average Bonchev–Trinajstić information content (AvgIpc) is 2.70. The number of ether oxygens (including phenoxy) is 2. The summed E-state index contributed by atoms with van der Waals surface area (Å²) in [6.45, 7) is 1.12. The van der Waals surface area contributed by atoms with Crippen LogP contribution in [0, 0.1) is 11.8 Å². The number of hydrogen-bond donors (Lipinski definition) is 2. The van der Waals surface area contributed by atoms with Crippen LogP contribution in [0.1, 0.15) is 49.7 Å². The Morgan fingerprint density at radius 3 is 2.50 bits per heavy atom. The second-order valence-corrected chi connectivity index (χ2v) is 10.1. The highest BCUT2D eigenvalue weighted by Gasteiger charge is 2.56.